The predicted molar refractivity (Wildman–Crippen MR) is 94.7 cm³/mol. The fourth-order valence-electron chi connectivity index (χ4n) is 3.13. The van der Waals surface area contributed by atoms with Crippen LogP contribution >= 0.6 is 0 Å². The molecule has 0 bridgehead atoms. The molecule has 2 aromatic rings. The number of hydrogen-bond donors (Lipinski definition) is 1. The number of aryl methyl sites for hydroxylation is 1. The van der Waals surface area contributed by atoms with Gasteiger partial charge in [-0.25, -0.2) is 14.4 Å². The number of carbonyl (C=O) groups excluding carboxylic acids is 1. The second kappa shape index (κ2) is 8.05. The first kappa shape index (κ1) is 17.3. The third kappa shape index (κ3) is 4.53. The van der Waals surface area contributed by atoms with Crippen LogP contribution < -0.4 is 5.32 Å². The number of hydrogen-bond acceptors (Lipinski definition) is 4. The van der Waals surface area contributed by atoms with Crippen LogP contribution in [0.5, 0.6) is 0 Å². The van der Waals surface area contributed by atoms with Crippen LogP contribution in [0.15, 0.2) is 36.8 Å². The first-order chi connectivity index (χ1) is 12.2. The molecule has 1 amide bonds. The van der Waals surface area contributed by atoms with E-state index in [1.54, 1.807) is 12.1 Å². The van der Waals surface area contributed by atoms with Crippen molar-refractivity contribution in [1.29, 1.82) is 0 Å². The first-order valence-electron chi connectivity index (χ1n) is 8.73. The van der Waals surface area contributed by atoms with Crippen molar-refractivity contribution in [2.45, 2.75) is 38.6 Å². The Morgan fingerprint density at radius 3 is 2.84 bits per heavy atom. The molecular formula is C19H23FN4O. The van der Waals surface area contributed by atoms with Crippen LogP contribution in [0.4, 0.5) is 10.2 Å². The molecule has 0 aliphatic carbocycles. The monoisotopic (exact) mass is 342 g/mol. The van der Waals surface area contributed by atoms with Crippen LogP contribution in [0.2, 0.25) is 0 Å². The van der Waals surface area contributed by atoms with Gasteiger partial charge in [0.05, 0.1) is 6.04 Å². The number of nitrogens with one attached hydrogen (secondary N) is 1. The third-order valence-corrected chi connectivity index (χ3v) is 4.45. The second-order valence-corrected chi connectivity index (χ2v) is 6.41. The molecular weight excluding hydrogens is 319 g/mol. The van der Waals surface area contributed by atoms with Crippen molar-refractivity contribution in [3.8, 4) is 0 Å². The lowest BCUT2D eigenvalue weighted by atomic mass is 10.1. The number of likely N-dealkylation sites (tertiary alicyclic amines) is 1. The molecule has 1 aromatic heterocycles. The van der Waals surface area contributed by atoms with Gasteiger partial charge in [-0.15, -0.1) is 0 Å². The number of rotatable bonds is 7. The van der Waals surface area contributed by atoms with E-state index in [0.717, 1.165) is 36.2 Å². The molecule has 1 saturated heterocycles. The van der Waals surface area contributed by atoms with E-state index in [-0.39, 0.29) is 17.8 Å². The molecule has 0 unspecified atom stereocenters. The third-order valence-electron chi connectivity index (χ3n) is 4.45. The Hall–Kier alpha value is -2.50. The van der Waals surface area contributed by atoms with Gasteiger partial charge in [-0.3, -0.25) is 4.79 Å². The highest BCUT2D eigenvalue weighted by Crippen LogP contribution is 2.19. The molecule has 6 heteroatoms. The molecule has 1 aliphatic rings. The fourth-order valence-corrected chi connectivity index (χ4v) is 3.13. The van der Waals surface area contributed by atoms with Gasteiger partial charge < -0.3 is 10.2 Å². The highest BCUT2D eigenvalue weighted by atomic mass is 19.1. The van der Waals surface area contributed by atoms with E-state index < -0.39 is 0 Å². The van der Waals surface area contributed by atoms with Crippen LogP contribution in [0.1, 0.15) is 30.9 Å². The largest absolute Gasteiger partial charge is 0.365 e. The van der Waals surface area contributed by atoms with E-state index in [1.165, 1.54) is 18.5 Å². The maximum absolute atomic E-state index is 13.0. The number of anilines is 1. The van der Waals surface area contributed by atoms with Crippen LogP contribution in [-0.4, -0.2) is 39.9 Å². The standard InChI is InChI=1S/C19H23FN4O/c1-2-3-15-11-21-13-22-19(15)23-17-10-18(25)24(12-17)9-8-14-4-6-16(20)7-5-14/h4-7,11,13,17H,2-3,8-10,12H2,1H3,(H,21,22,23)/t17-/m0/s1. The van der Waals surface area contributed by atoms with Crippen LogP contribution in [0.25, 0.3) is 0 Å². The maximum atomic E-state index is 13.0. The molecule has 0 radical (unpaired) electrons. The number of benzene rings is 1. The molecule has 1 aromatic carbocycles. The van der Waals surface area contributed by atoms with Gasteiger partial charge in [-0.1, -0.05) is 25.5 Å². The van der Waals surface area contributed by atoms with Crippen molar-refractivity contribution < 1.29 is 9.18 Å². The average Bonchev–Trinajstić information content (AvgIpc) is 2.96. The Morgan fingerprint density at radius 1 is 1.28 bits per heavy atom. The van der Waals surface area contributed by atoms with E-state index in [2.05, 4.69) is 22.2 Å². The molecule has 5 nitrogen and oxygen atoms in total. The lowest BCUT2D eigenvalue weighted by molar-refractivity contribution is -0.127. The smallest absolute Gasteiger partial charge is 0.224 e. The van der Waals surface area contributed by atoms with Gasteiger partial charge in [-0.2, -0.15) is 0 Å². The fraction of sp³-hybridized carbons (Fsp3) is 0.421. The van der Waals surface area contributed by atoms with Crippen molar-refractivity contribution in [3.05, 3.63) is 53.7 Å². The summed E-state index contributed by atoms with van der Waals surface area (Å²) < 4.78 is 13.0. The van der Waals surface area contributed by atoms with E-state index in [9.17, 15) is 9.18 Å². The summed E-state index contributed by atoms with van der Waals surface area (Å²) in [4.78, 5) is 22.5. The molecule has 0 saturated carbocycles. The van der Waals surface area contributed by atoms with Gasteiger partial charge in [0.15, 0.2) is 0 Å². The molecule has 3 rings (SSSR count). The van der Waals surface area contributed by atoms with Crippen molar-refractivity contribution >= 4 is 11.7 Å². The van der Waals surface area contributed by atoms with Crippen molar-refractivity contribution in [2.24, 2.45) is 0 Å². The van der Waals surface area contributed by atoms with Crippen molar-refractivity contribution in [3.63, 3.8) is 0 Å². The van der Waals surface area contributed by atoms with E-state index in [4.69, 9.17) is 0 Å². The highest BCUT2D eigenvalue weighted by Gasteiger charge is 2.29. The maximum Gasteiger partial charge on any atom is 0.224 e. The van der Waals surface area contributed by atoms with E-state index in [1.807, 2.05) is 11.1 Å². The normalized spacial score (nSPS) is 17.1. The molecule has 0 spiro atoms. The summed E-state index contributed by atoms with van der Waals surface area (Å²) in [7, 11) is 0. The summed E-state index contributed by atoms with van der Waals surface area (Å²) in [6.07, 6.45) is 6.51. The Bertz CT molecular complexity index is 720. The summed E-state index contributed by atoms with van der Waals surface area (Å²) in [6.45, 7) is 3.43. The molecule has 2 heterocycles. The van der Waals surface area contributed by atoms with Gasteiger partial charge in [0.25, 0.3) is 0 Å². The lowest BCUT2D eigenvalue weighted by Gasteiger charge is -2.18. The zero-order valence-electron chi connectivity index (χ0n) is 14.4. The van der Waals surface area contributed by atoms with Crippen LogP contribution in [0.3, 0.4) is 0 Å². The van der Waals surface area contributed by atoms with Gasteiger partial charge >= 0.3 is 0 Å². The number of amides is 1. The zero-order valence-corrected chi connectivity index (χ0v) is 14.4. The van der Waals surface area contributed by atoms with Gasteiger partial charge in [0.2, 0.25) is 5.91 Å². The highest BCUT2D eigenvalue weighted by molar-refractivity contribution is 5.80. The summed E-state index contributed by atoms with van der Waals surface area (Å²) in [5.74, 6) is 0.735. The molecule has 1 aliphatic heterocycles. The number of nitrogens with zero attached hydrogens (tertiary/aromatic N) is 3. The zero-order chi connectivity index (χ0) is 17.6. The van der Waals surface area contributed by atoms with E-state index >= 15 is 0 Å². The summed E-state index contributed by atoms with van der Waals surface area (Å²) in [6, 6.07) is 6.50. The average molecular weight is 342 g/mol. The van der Waals surface area contributed by atoms with Gasteiger partial charge in [-0.05, 0) is 30.5 Å². The van der Waals surface area contributed by atoms with E-state index in [0.29, 0.717) is 19.5 Å². The second-order valence-electron chi connectivity index (χ2n) is 6.41. The minimum atomic E-state index is -0.238. The number of carbonyl (C=O) groups is 1. The molecule has 25 heavy (non-hydrogen) atoms. The number of aromatic nitrogens is 2. The summed E-state index contributed by atoms with van der Waals surface area (Å²) in [5.41, 5.74) is 2.12. The molecule has 1 fully saturated rings. The Labute approximate surface area is 147 Å². The first-order valence-corrected chi connectivity index (χ1v) is 8.73. The predicted octanol–water partition coefficient (Wildman–Crippen LogP) is 2.82. The minimum Gasteiger partial charge on any atom is -0.365 e. The molecule has 1 atom stereocenters. The van der Waals surface area contributed by atoms with Crippen LogP contribution in [-0.2, 0) is 17.6 Å². The quantitative estimate of drug-likeness (QED) is 0.841. The van der Waals surface area contributed by atoms with Gasteiger partial charge in [0.1, 0.15) is 18.0 Å². The lowest BCUT2D eigenvalue weighted by Crippen LogP contribution is -2.30. The summed E-state index contributed by atoms with van der Waals surface area (Å²) >= 11 is 0. The molecule has 132 valence electrons. The van der Waals surface area contributed by atoms with Crippen molar-refractivity contribution in [2.75, 3.05) is 18.4 Å². The SMILES string of the molecule is CCCc1cncnc1N[C@H]1CC(=O)N(CCc2ccc(F)cc2)C1. The Morgan fingerprint density at radius 2 is 2.08 bits per heavy atom. The Kier molecular flexibility index (Phi) is 5.58. The van der Waals surface area contributed by atoms with Crippen LogP contribution in [0, 0.1) is 5.82 Å². The van der Waals surface area contributed by atoms with Gasteiger partial charge in [0, 0.05) is 31.3 Å². The molecule has 1 N–H and O–H groups in total. The Balaban J connectivity index is 1.56. The minimum absolute atomic E-state index is 0.0613. The topological polar surface area (TPSA) is 58.1 Å². The van der Waals surface area contributed by atoms with Crippen molar-refractivity contribution in [1.82, 2.24) is 14.9 Å². The number of halogens is 1. The summed E-state index contributed by atoms with van der Waals surface area (Å²) in [5, 5.41) is 3.40.